The summed E-state index contributed by atoms with van der Waals surface area (Å²) in [5.41, 5.74) is 4.09. The zero-order valence-corrected chi connectivity index (χ0v) is 29.4. The van der Waals surface area contributed by atoms with E-state index in [1.54, 1.807) is 13.2 Å². The van der Waals surface area contributed by atoms with Crippen molar-refractivity contribution >= 4 is 17.7 Å². The minimum Gasteiger partial charge on any atom is -0.496 e. The molecule has 1 aromatic rings. The van der Waals surface area contributed by atoms with Crippen LogP contribution in [0.3, 0.4) is 0 Å². The van der Waals surface area contributed by atoms with Crippen LogP contribution in [0.5, 0.6) is 5.75 Å². The minimum absolute atomic E-state index is 0.00327. The number of ether oxygens (including phenoxy) is 5. The SMILES string of the molecule is COc1ccccc1CO/N=C(\C)[C@H]1CCC2C3CC=C4C[C@@H](OC5C=C[C@H](OC(C)=O)[C@@H](COC(C)=O)O5)CC[C@]4(C)C3CC[C@@]21C. The molecule has 6 rings (SSSR count). The highest BCUT2D eigenvalue weighted by Gasteiger charge is 2.59. The Morgan fingerprint density at radius 2 is 1.79 bits per heavy atom. The van der Waals surface area contributed by atoms with Crippen LogP contribution in [0.25, 0.3) is 0 Å². The van der Waals surface area contributed by atoms with Crippen LogP contribution in [0.15, 0.2) is 53.2 Å². The fourth-order valence-corrected chi connectivity index (χ4v) is 10.0. The van der Waals surface area contributed by atoms with Gasteiger partial charge in [0.2, 0.25) is 0 Å². The van der Waals surface area contributed by atoms with Gasteiger partial charge in [-0.05, 0) is 105 Å². The van der Waals surface area contributed by atoms with Crippen molar-refractivity contribution in [1.82, 2.24) is 0 Å². The fourth-order valence-electron chi connectivity index (χ4n) is 10.0. The number of esters is 2. The zero-order valence-electron chi connectivity index (χ0n) is 29.4. The summed E-state index contributed by atoms with van der Waals surface area (Å²) >= 11 is 0. The summed E-state index contributed by atoms with van der Waals surface area (Å²) in [5, 5.41) is 4.67. The molecule has 0 N–H and O–H groups in total. The Bertz CT molecular complexity index is 1440. The molecule has 3 fully saturated rings. The highest BCUT2D eigenvalue weighted by molar-refractivity contribution is 5.85. The van der Waals surface area contributed by atoms with Gasteiger partial charge in [0.1, 0.15) is 31.2 Å². The van der Waals surface area contributed by atoms with Crippen molar-refractivity contribution in [2.24, 2.45) is 39.7 Å². The van der Waals surface area contributed by atoms with E-state index < -0.39 is 30.4 Å². The monoisotopic (exact) mass is 663 g/mol. The second-order valence-corrected chi connectivity index (χ2v) is 15.1. The molecule has 48 heavy (non-hydrogen) atoms. The maximum absolute atomic E-state index is 11.6. The summed E-state index contributed by atoms with van der Waals surface area (Å²) in [4.78, 5) is 29.0. The predicted molar refractivity (Wildman–Crippen MR) is 181 cm³/mol. The van der Waals surface area contributed by atoms with E-state index in [0.717, 1.165) is 42.7 Å². The van der Waals surface area contributed by atoms with Crippen LogP contribution < -0.4 is 4.74 Å². The van der Waals surface area contributed by atoms with E-state index in [2.05, 4.69) is 32.0 Å². The normalized spacial score (nSPS) is 37.4. The summed E-state index contributed by atoms with van der Waals surface area (Å²) in [6.45, 7) is 10.3. The first-order chi connectivity index (χ1) is 23.0. The van der Waals surface area contributed by atoms with Crippen LogP contribution in [-0.4, -0.2) is 56.0 Å². The number of hydrogen-bond acceptors (Lipinski definition) is 9. The number of fused-ring (bicyclic) bond motifs is 5. The topological polar surface area (TPSA) is 102 Å². The number of carbonyl (C=O) groups excluding carboxylic acids is 2. The van der Waals surface area contributed by atoms with E-state index >= 15 is 0 Å². The number of hydrogen-bond donors (Lipinski definition) is 0. The number of allylic oxidation sites excluding steroid dienone is 1. The maximum atomic E-state index is 11.6. The van der Waals surface area contributed by atoms with E-state index in [1.807, 2.05) is 30.3 Å². The van der Waals surface area contributed by atoms with E-state index in [4.69, 9.17) is 28.5 Å². The van der Waals surface area contributed by atoms with E-state index in [9.17, 15) is 9.59 Å². The van der Waals surface area contributed by atoms with Crippen molar-refractivity contribution in [2.75, 3.05) is 13.7 Å². The predicted octanol–water partition coefficient (Wildman–Crippen LogP) is 7.33. The number of benzene rings is 1. The number of nitrogens with zero attached hydrogens (tertiary/aromatic N) is 1. The van der Waals surface area contributed by atoms with E-state index in [-0.39, 0.29) is 23.5 Å². The van der Waals surface area contributed by atoms with Gasteiger partial charge in [-0.1, -0.05) is 48.9 Å². The summed E-state index contributed by atoms with van der Waals surface area (Å²) in [6, 6.07) is 7.94. The van der Waals surface area contributed by atoms with Crippen LogP contribution in [0.1, 0.15) is 91.5 Å². The van der Waals surface area contributed by atoms with Crippen LogP contribution in [-0.2, 0) is 40.0 Å². The van der Waals surface area contributed by atoms with Gasteiger partial charge in [0, 0.05) is 25.3 Å². The van der Waals surface area contributed by atoms with Gasteiger partial charge in [0.25, 0.3) is 0 Å². The second kappa shape index (κ2) is 14.4. The van der Waals surface area contributed by atoms with Gasteiger partial charge in [-0.25, -0.2) is 0 Å². The Kier molecular flexibility index (Phi) is 10.4. The van der Waals surface area contributed by atoms with Crippen LogP contribution in [0.2, 0.25) is 0 Å². The molecule has 3 saturated carbocycles. The Morgan fingerprint density at radius 1 is 0.979 bits per heavy atom. The Balaban J connectivity index is 1.08. The van der Waals surface area contributed by atoms with Gasteiger partial charge in [0.05, 0.1) is 18.9 Å². The van der Waals surface area contributed by atoms with Crippen molar-refractivity contribution in [2.45, 2.75) is 117 Å². The molecule has 1 aliphatic heterocycles. The zero-order chi connectivity index (χ0) is 34.1. The molecule has 0 bridgehead atoms. The van der Waals surface area contributed by atoms with Gasteiger partial charge in [-0.3, -0.25) is 9.59 Å². The number of oxime groups is 1. The Hall–Kier alpha value is -3.17. The average Bonchev–Trinajstić information content (AvgIpc) is 3.42. The molecule has 1 heterocycles. The third kappa shape index (κ3) is 6.95. The van der Waals surface area contributed by atoms with E-state index in [1.165, 1.54) is 45.1 Å². The standard InChI is InChI=1S/C39H53NO8/c1-24(40-45-22-27-9-7-8-10-34(27)43-6)31-13-14-32-30-12-11-28-21-29(17-19-38(28,4)33(30)18-20-39(31,32)5)47-37-16-15-35(46-26(3)42)36(48-37)23-44-25(2)41/h7-11,15-16,29-33,35-37H,12-14,17-23H2,1-6H3/b40-24+/t29-,30?,31+,32?,33?,35-,36+,37?,38-,39+/m0/s1. The smallest absolute Gasteiger partial charge is 0.303 e. The summed E-state index contributed by atoms with van der Waals surface area (Å²) in [7, 11) is 1.69. The molecule has 1 aromatic carbocycles. The highest BCUT2D eigenvalue weighted by Crippen LogP contribution is 2.66. The molecule has 4 aliphatic carbocycles. The first kappa shape index (κ1) is 34.7. The molecule has 0 radical (unpaired) electrons. The van der Waals surface area contributed by atoms with Crippen LogP contribution >= 0.6 is 0 Å². The molecular weight excluding hydrogens is 610 g/mol. The number of para-hydroxylation sites is 1. The maximum Gasteiger partial charge on any atom is 0.303 e. The average molecular weight is 664 g/mol. The molecule has 262 valence electrons. The van der Waals surface area contributed by atoms with Crippen LogP contribution in [0.4, 0.5) is 0 Å². The molecule has 0 amide bonds. The van der Waals surface area contributed by atoms with Crippen molar-refractivity contribution in [3.05, 3.63) is 53.6 Å². The largest absolute Gasteiger partial charge is 0.496 e. The first-order valence-corrected chi connectivity index (χ1v) is 17.8. The first-order valence-electron chi connectivity index (χ1n) is 17.8. The number of rotatable bonds is 10. The lowest BCUT2D eigenvalue weighted by atomic mass is 9.47. The van der Waals surface area contributed by atoms with Gasteiger partial charge in [-0.15, -0.1) is 0 Å². The molecule has 5 aliphatic rings. The number of methoxy groups -OCH3 is 1. The molecular formula is C39H53NO8. The Morgan fingerprint density at radius 3 is 2.56 bits per heavy atom. The third-order valence-corrected chi connectivity index (χ3v) is 12.4. The third-order valence-electron chi connectivity index (χ3n) is 12.4. The molecule has 0 spiro atoms. The summed E-state index contributed by atoms with van der Waals surface area (Å²) in [6.07, 6.45) is 13.3. The van der Waals surface area contributed by atoms with Crippen molar-refractivity contribution < 1.29 is 38.1 Å². The number of carbonyl (C=O) groups is 2. The second-order valence-electron chi connectivity index (χ2n) is 15.1. The lowest BCUT2D eigenvalue weighted by Crippen LogP contribution is -2.51. The minimum atomic E-state index is -0.623. The highest BCUT2D eigenvalue weighted by atomic mass is 16.7. The molecule has 10 atom stereocenters. The van der Waals surface area contributed by atoms with Crippen molar-refractivity contribution in [1.29, 1.82) is 0 Å². The summed E-state index contributed by atoms with van der Waals surface area (Å²) in [5.74, 6) is 2.50. The van der Waals surface area contributed by atoms with Crippen molar-refractivity contribution in [3.8, 4) is 5.75 Å². The van der Waals surface area contributed by atoms with Gasteiger partial charge in [0.15, 0.2) is 6.29 Å². The molecule has 0 saturated heterocycles. The lowest BCUT2D eigenvalue weighted by molar-refractivity contribution is -0.213. The van der Waals surface area contributed by atoms with Gasteiger partial charge < -0.3 is 28.5 Å². The summed E-state index contributed by atoms with van der Waals surface area (Å²) < 4.78 is 28.7. The fraction of sp³-hybridized carbons (Fsp3) is 0.667. The quantitative estimate of drug-likeness (QED) is 0.111. The lowest BCUT2D eigenvalue weighted by Gasteiger charge is -2.58. The van der Waals surface area contributed by atoms with Gasteiger partial charge >= 0.3 is 11.9 Å². The van der Waals surface area contributed by atoms with Gasteiger partial charge in [-0.2, -0.15) is 0 Å². The molecule has 4 unspecified atom stereocenters. The molecule has 0 aromatic heterocycles. The van der Waals surface area contributed by atoms with Crippen molar-refractivity contribution in [3.63, 3.8) is 0 Å². The Labute approximate surface area is 285 Å². The van der Waals surface area contributed by atoms with Crippen LogP contribution in [0, 0.1) is 34.5 Å². The molecule has 9 nitrogen and oxygen atoms in total. The van der Waals surface area contributed by atoms with E-state index in [0.29, 0.717) is 30.3 Å². The molecule has 9 heteroatoms.